The van der Waals surface area contributed by atoms with Crippen LogP contribution in [0.25, 0.3) is 0 Å². The van der Waals surface area contributed by atoms with Gasteiger partial charge < -0.3 is 0 Å². The third-order valence-corrected chi connectivity index (χ3v) is 5.15. The highest BCUT2D eigenvalue weighted by molar-refractivity contribution is 6.42. The van der Waals surface area contributed by atoms with E-state index in [9.17, 15) is 4.79 Å². The zero-order chi connectivity index (χ0) is 14.1. The van der Waals surface area contributed by atoms with E-state index < -0.39 is 0 Å². The van der Waals surface area contributed by atoms with Gasteiger partial charge in [-0.2, -0.15) is 5.10 Å². The highest BCUT2D eigenvalue weighted by Crippen LogP contribution is 2.47. The summed E-state index contributed by atoms with van der Waals surface area (Å²) >= 11 is 11.7. The number of halogens is 2. The Bertz CT molecular complexity index is 559. The quantitative estimate of drug-likeness (QED) is 0.661. The molecular formula is C15H16Cl2N2O. The summed E-state index contributed by atoms with van der Waals surface area (Å²) in [7, 11) is 0. The van der Waals surface area contributed by atoms with Gasteiger partial charge >= 0.3 is 0 Å². The summed E-state index contributed by atoms with van der Waals surface area (Å²) < 4.78 is 0. The Morgan fingerprint density at radius 3 is 2.75 bits per heavy atom. The number of hydrogen-bond acceptors (Lipinski definition) is 2. The lowest BCUT2D eigenvalue weighted by Gasteiger charge is -2.16. The molecule has 0 heterocycles. The normalized spacial score (nSPS) is 28.2. The average Bonchev–Trinajstić information content (AvgIpc) is 3.04. The molecule has 5 heteroatoms. The molecule has 3 atom stereocenters. The highest BCUT2D eigenvalue weighted by Gasteiger charge is 2.38. The van der Waals surface area contributed by atoms with E-state index in [4.69, 9.17) is 23.2 Å². The van der Waals surface area contributed by atoms with Crippen LogP contribution >= 0.6 is 23.2 Å². The van der Waals surface area contributed by atoms with E-state index >= 15 is 0 Å². The molecule has 2 bridgehead atoms. The van der Waals surface area contributed by atoms with E-state index in [1.165, 1.54) is 25.7 Å². The van der Waals surface area contributed by atoms with Crippen molar-refractivity contribution in [2.75, 3.05) is 0 Å². The minimum absolute atomic E-state index is 0.261. The topological polar surface area (TPSA) is 41.5 Å². The molecule has 1 aromatic carbocycles. The van der Waals surface area contributed by atoms with E-state index in [1.54, 1.807) is 18.2 Å². The van der Waals surface area contributed by atoms with Gasteiger partial charge in [0.15, 0.2) is 0 Å². The first-order chi connectivity index (χ1) is 9.63. The van der Waals surface area contributed by atoms with Gasteiger partial charge in [-0.05, 0) is 55.2 Å². The highest BCUT2D eigenvalue weighted by atomic mass is 35.5. The predicted octanol–water partition coefficient (Wildman–Crippen LogP) is 4.15. The van der Waals surface area contributed by atoms with Crippen molar-refractivity contribution >= 4 is 35.3 Å². The lowest BCUT2D eigenvalue weighted by molar-refractivity contribution is 0.0955. The molecule has 0 spiro atoms. The molecule has 1 aromatic rings. The Morgan fingerprint density at radius 1 is 1.25 bits per heavy atom. The lowest BCUT2D eigenvalue weighted by Crippen LogP contribution is -2.20. The fourth-order valence-corrected chi connectivity index (χ4v) is 3.67. The van der Waals surface area contributed by atoms with Gasteiger partial charge in [-0.3, -0.25) is 4.79 Å². The Labute approximate surface area is 128 Å². The molecule has 3 nitrogen and oxygen atoms in total. The van der Waals surface area contributed by atoms with Crippen LogP contribution < -0.4 is 5.43 Å². The number of carbonyl (C=O) groups excluding carboxylic acids is 1. The van der Waals surface area contributed by atoms with Crippen LogP contribution in [0.3, 0.4) is 0 Å². The van der Waals surface area contributed by atoms with Crippen LogP contribution in [-0.4, -0.2) is 12.1 Å². The number of hydrazone groups is 1. The number of carbonyl (C=O) groups is 1. The molecule has 0 radical (unpaired) electrons. The molecule has 1 N–H and O–H groups in total. The molecule has 0 aliphatic heterocycles. The van der Waals surface area contributed by atoms with Gasteiger partial charge in [0.25, 0.3) is 5.91 Å². The Morgan fingerprint density at radius 2 is 2.10 bits per heavy atom. The van der Waals surface area contributed by atoms with E-state index in [0.29, 0.717) is 21.5 Å². The third-order valence-electron chi connectivity index (χ3n) is 4.41. The molecule has 0 saturated heterocycles. The molecule has 2 aliphatic carbocycles. The van der Waals surface area contributed by atoms with Crippen LogP contribution in [0.1, 0.15) is 36.0 Å². The Hall–Kier alpha value is -1.06. The van der Waals surface area contributed by atoms with Gasteiger partial charge in [0.2, 0.25) is 0 Å². The second kappa shape index (κ2) is 5.74. The zero-order valence-corrected chi connectivity index (χ0v) is 12.5. The van der Waals surface area contributed by atoms with Gasteiger partial charge in [-0.1, -0.05) is 29.6 Å². The van der Waals surface area contributed by atoms with E-state index in [-0.39, 0.29) is 5.91 Å². The summed E-state index contributed by atoms with van der Waals surface area (Å²) in [6.07, 6.45) is 7.13. The first kappa shape index (κ1) is 13.9. The molecule has 2 aliphatic rings. The summed E-state index contributed by atoms with van der Waals surface area (Å²) in [5.74, 6) is 1.92. The summed E-state index contributed by atoms with van der Waals surface area (Å²) in [6.45, 7) is 0. The first-order valence-electron chi connectivity index (χ1n) is 6.92. The number of nitrogens with zero attached hydrogens (tertiary/aromatic N) is 1. The molecule has 1 amide bonds. The van der Waals surface area contributed by atoms with Crippen molar-refractivity contribution in [3.63, 3.8) is 0 Å². The number of nitrogens with one attached hydrogen (secondary N) is 1. The van der Waals surface area contributed by atoms with Crippen LogP contribution in [0.2, 0.25) is 10.0 Å². The Kier molecular flexibility index (Phi) is 3.99. The molecule has 3 rings (SSSR count). The second-order valence-corrected chi connectivity index (χ2v) is 6.50. The van der Waals surface area contributed by atoms with Crippen molar-refractivity contribution < 1.29 is 4.79 Å². The van der Waals surface area contributed by atoms with E-state index in [1.807, 2.05) is 6.21 Å². The van der Waals surface area contributed by atoms with Crippen molar-refractivity contribution in [1.82, 2.24) is 5.43 Å². The van der Waals surface area contributed by atoms with Gasteiger partial charge in [-0.25, -0.2) is 5.43 Å². The third kappa shape index (κ3) is 2.84. The summed E-state index contributed by atoms with van der Waals surface area (Å²) in [6, 6.07) is 4.79. The monoisotopic (exact) mass is 310 g/mol. The zero-order valence-electron chi connectivity index (χ0n) is 11.0. The van der Waals surface area contributed by atoms with Crippen molar-refractivity contribution in [2.45, 2.75) is 25.7 Å². The molecule has 0 unspecified atom stereocenters. The minimum Gasteiger partial charge on any atom is -0.267 e. The average molecular weight is 311 g/mol. The number of benzene rings is 1. The molecule has 20 heavy (non-hydrogen) atoms. The fourth-order valence-electron chi connectivity index (χ4n) is 3.37. The van der Waals surface area contributed by atoms with Crippen molar-refractivity contribution in [3.05, 3.63) is 33.8 Å². The molecule has 2 saturated carbocycles. The smallest absolute Gasteiger partial charge is 0.267 e. The number of amides is 1. The van der Waals surface area contributed by atoms with Crippen LogP contribution in [0, 0.1) is 17.8 Å². The SMILES string of the molecule is O=C(N/N=C\[C@@H]1C[C@@H]2CC[C@@H]1C2)c1ccc(Cl)c(Cl)c1. The maximum Gasteiger partial charge on any atom is 0.271 e. The van der Waals surface area contributed by atoms with Crippen molar-refractivity contribution in [2.24, 2.45) is 22.9 Å². The van der Waals surface area contributed by atoms with E-state index in [2.05, 4.69) is 10.5 Å². The standard InChI is InChI=1S/C15H16Cl2N2O/c16-13-4-3-11(7-14(13)17)15(20)19-18-8-12-6-9-1-2-10(12)5-9/h3-4,7-10,12H,1-2,5-6H2,(H,19,20)/b18-8-/t9-,10-,12+/m1/s1. The molecule has 106 valence electrons. The number of hydrogen-bond donors (Lipinski definition) is 1. The predicted molar refractivity (Wildman–Crippen MR) is 81.4 cm³/mol. The minimum atomic E-state index is -0.261. The second-order valence-electron chi connectivity index (χ2n) is 5.69. The molecular weight excluding hydrogens is 295 g/mol. The van der Waals surface area contributed by atoms with Crippen LogP contribution in [0.15, 0.2) is 23.3 Å². The summed E-state index contributed by atoms with van der Waals surface area (Å²) in [4.78, 5) is 11.9. The van der Waals surface area contributed by atoms with Crippen molar-refractivity contribution in [1.29, 1.82) is 0 Å². The summed E-state index contributed by atoms with van der Waals surface area (Å²) in [5.41, 5.74) is 3.02. The van der Waals surface area contributed by atoms with Crippen LogP contribution in [0.4, 0.5) is 0 Å². The fraction of sp³-hybridized carbons (Fsp3) is 0.467. The van der Waals surface area contributed by atoms with Crippen molar-refractivity contribution in [3.8, 4) is 0 Å². The Balaban J connectivity index is 1.57. The largest absolute Gasteiger partial charge is 0.271 e. The van der Waals surface area contributed by atoms with Gasteiger partial charge in [0.1, 0.15) is 0 Å². The van der Waals surface area contributed by atoms with E-state index in [0.717, 1.165) is 11.8 Å². The lowest BCUT2D eigenvalue weighted by atomic mass is 9.90. The van der Waals surface area contributed by atoms with Crippen LogP contribution in [-0.2, 0) is 0 Å². The van der Waals surface area contributed by atoms with Crippen LogP contribution in [0.5, 0.6) is 0 Å². The number of rotatable bonds is 3. The van der Waals surface area contributed by atoms with Gasteiger partial charge in [-0.15, -0.1) is 0 Å². The summed E-state index contributed by atoms with van der Waals surface area (Å²) in [5, 5.41) is 4.91. The molecule has 2 fully saturated rings. The van der Waals surface area contributed by atoms with Gasteiger partial charge in [0, 0.05) is 11.8 Å². The molecule has 0 aromatic heterocycles. The number of fused-ring (bicyclic) bond motifs is 2. The maximum absolute atomic E-state index is 11.9. The maximum atomic E-state index is 11.9. The van der Waals surface area contributed by atoms with Gasteiger partial charge in [0.05, 0.1) is 10.0 Å². The first-order valence-corrected chi connectivity index (χ1v) is 7.67.